The molecule has 3 rings (SSSR count). The number of aryl methyl sites for hydroxylation is 1. The maximum absolute atomic E-state index is 14.0. The van der Waals surface area contributed by atoms with E-state index in [9.17, 15) is 18.0 Å². The van der Waals surface area contributed by atoms with Crippen LogP contribution < -0.4 is 9.62 Å². The van der Waals surface area contributed by atoms with Gasteiger partial charge in [-0.15, -0.1) is 0 Å². The lowest BCUT2D eigenvalue weighted by molar-refractivity contribution is -0.140. The first-order chi connectivity index (χ1) is 17.9. The summed E-state index contributed by atoms with van der Waals surface area (Å²) < 4.78 is 26.7. The molecular formula is C29H34ClN3O4S. The fourth-order valence-corrected chi connectivity index (χ4v) is 5.09. The smallest absolute Gasteiger partial charge is 0.244 e. The van der Waals surface area contributed by atoms with Crippen molar-refractivity contribution in [3.63, 3.8) is 0 Å². The third kappa shape index (κ3) is 8.33. The van der Waals surface area contributed by atoms with Gasteiger partial charge in [-0.2, -0.15) is 0 Å². The molecule has 0 spiro atoms. The Balaban J connectivity index is 2.05. The monoisotopic (exact) mass is 555 g/mol. The van der Waals surface area contributed by atoms with Gasteiger partial charge in [0.2, 0.25) is 21.8 Å². The van der Waals surface area contributed by atoms with Gasteiger partial charge in [0, 0.05) is 24.0 Å². The van der Waals surface area contributed by atoms with Crippen LogP contribution in [0.3, 0.4) is 0 Å². The van der Waals surface area contributed by atoms with Crippen molar-refractivity contribution < 1.29 is 18.0 Å². The van der Waals surface area contributed by atoms with Crippen LogP contribution >= 0.6 is 11.6 Å². The second-order valence-corrected chi connectivity index (χ2v) is 12.0. The van der Waals surface area contributed by atoms with Crippen LogP contribution in [-0.2, 0) is 32.6 Å². The van der Waals surface area contributed by atoms with Gasteiger partial charge in [0.25, 0.3) is 0 Å². The third-order valence-electron chi connectivity index (χ3n) is 5.94. The van der Waals surface area contributed by atoms with E-state index in [2.05, 4.69) is 5.32 Å². The molecule has 0 saturated heterocycles. The Bertz CT molecular complexity index is 1350. The summed E-state index contributed by atoms with van der Waals surface area (Å²) in [4.78, 5) is 28.9. The van der Waals surface area contributed by atoms with Gasteiger partial charge >= 0.3 is 0 Å². The number of nitrogens with zero attached hydrogens (tertiary/aromatic N) is 2. The summed E-state index contributed by atoms with van der Waals surface area (Å²) in [6, 6.07) is 22.4. The summed E-state index contributed by atoms with van der Waals surface area (Å²) in [6.07, 6.45) is 1.33. The molecule has 0 bridgehead atoms. The van der Waals surface area contributed by atoms with E-state index >= 15 is 0 Å². The van der Waals surface area contributed by atoms with Crippen molar-refractivity contribution in [1.82, 2.24) is 10.2 Å². The molecule has 0 saturated carbocycles. The molecule has 202 valence electrons. The molecule has 0 radical (unpaired) electrons. The number of nitrogens with one attached hydrogen (secondary N) is 1. The number of sulfonamides is 1. The van der Waals surface area contributed by atoms with E-state index in [1.54, 1.807) is 42.5 Å². The quantitative estimate of drug-likeness (QED) is 0.375. The van der Waals surface area contributed by atoms with Crippen LogP contribution in [0.25, 0.3) is 0 Å². The van der Waals surface area contributed by atoms with Crippen molar-refractivity contribution in [2.24, 2.45) is 0 Å². The van der Waals surface area contributed by atoms with Crippen LogP contribution in [0.4, 0.5) is 5.69 Å². The van der Waals surface area contributed by atoms with Crippen molar-refractivity contribution in [3.05, 3.63) is 101 Å². The molecule has 3 aromatic carbocycles. The Kier molecular flexibility index (Phi) is 9.94. The summed E-state index contributed by atoms with van der Waals surface area (Å²) >= 11 is 6.07. The van der Waals surface area contributed by atoms with Crippen LogP contribution in [0.15, 0.2) is 78.9 Å². The summed E-state index contributed by atoms with van der Waals surface area (Å²) in [5.74, 6) is -0.806. The standard InChI is InChI=1S/C29H34ClN3O4S/c1-21(2)31-29(35)27(18-23-10-6-5-7-11-23)32(19-24-13-15-25(30)16-14-24)28(34)20-33(38(4,36)37)26-12-8-9-22(3)17-26/h5-17,21,27H,18-20H2,1-4H3,(H,31,35)/t27-/m0/s1. The molecule has 0 aliphatic carbocycles. The van der Waals surface area contributed by atoms with Gasteiger partial charge in [-0.05, 0) is 61.7 Å². The molecule has 2 amide bonds. The first kappa shape index (κ1) is 29.2. The Morgan fingerprint density at radius 3 is 2.16 bits per heavy atom. The highest BCUT2D eigenvalue weighted by Crippen LogP contribution is 2.22. The fraction of sp³-hybridized carbons (Fsp3) is 0.310. The number of anilines is 1. The second kappa shape index (κ2) is 12.9. The van der Waals surface area contributed by atoms with Gasteiger partial charge in [0.05, 0.1) is 11.9 Å². The van der Waals surface area contributed by atoms with E-state index in [1.807, 2.05) is 57.2 Å². The normalized spacial score (nSPS) is 12.2. The van der Waals surface area contributed by atoms with E-state index in [-0.39, 0.29) is 24.9 Å². The van der Waals surface area contributed by atoms with Crippen molar-refractivity contribution in [3.8, 4) is 0 Å². The number of benzene rings is 3. The highest BCUT2D eigenvalue weighted by molar-refractivity contribution is 7.92. The zero-order chi connectivity index (χ0) is 27.9. The zero-order valence-electron chi connectivity index (χ0n) is 22.1. The number of hydrogen-bond acceptors (Lipinski definition) is 4. The molecule has 38 heavy (non-hydrogen) atoms. The van der Waals surface area contributed by atoms with E-state index < -0.39 is 28.5 Å². The number of halogens is 1. The number of carbonyl (C=O) groups excluding carboxylic acids is 2. The fourth-order valence-electron chi connectivity index (χ4n) is 4.12. The maximum atomic E-state index is 14.0. The van der Waals surface area contributed by atoms with Gasteiger partial charge in [0.15, 0.2) is 0 Å². The van der Waals surface area contributed by atoms with Crippen LogP contribution in [0, 0.1) is 6.92 Å². The van der Waals surface area contributed by atoms with Crippen molar-refractivity contribution in [2.45, 2.75) is 45.8 Å². The molecule has 0 aromatic heterocycles. The number of carbonyl (C=O) groups is 2. The molecule has 0 heterocycles. The van der Waals surface area contributed by atoms with Crippen molar-refractivity contribution in [1.29, 1.82) is 0 Å². The molecular weight excluding hydrogens is 522 g/mol. The van der Waals surface area contributed by atoms with Crippen LogP contribution in [0.2, 0.25) is 5.02 Å². The first-order valence-corrected chi connectivity index (χ1v) is 14.6. The lowest BCUT2D eigenvalue weighted by Crippen LogP contribution is -2.54. The molecule has 0 fully saturated rings. The minimum atomic E-state index is -3.80. The van der Waals surface area contributed by atoms with Crippen LogP contribution in [0.1, 0.15) is 30.5 Å². The van der Waals surface area contributed by atoms with Crippen molar-refractivity contribution in [2.75, 3.05) is 17.1 Å². The SMILES string of the molecule is Cc1cccc(N(CC(=O)N(Cc2ccc(Cl)cc2)[C@@H](Cc2ccccc2)C(=O)NC(C)C)S(C)(=O)=O)c1. The Labute approximate surface area is 230 Å². The zero-order valence-corrected chi connectivity index (χ0v) is 23.7. The predicted octanol–water partition coefficient (Wildman–Crippen LogP) is 4.58. The lowest BCUT2D eigenvalue weighted by Gasteiger charge is -2.34. The molecule has 0 aliphatic rings. The summed E-state index contributed by atoms with van der Waals surface area (Å²) in [5.41, 5.74) is 2.89. The molecule has 1 atom stereocenters. The largest absolute Gasteiger partial charge is 0.352 e. The van der Waals surface area contributed by atoms with Gasteiger partial charge in [-0.25, -0.2) is 8.42 Å². The topological polar surface area (TPSA) is 86.8 Å². The predicted molar refractivity (Wildman–Crippen MR) is 153 cm³/mol. The number of rotatable bonds is 11. The third-order valence-corrected chi connectivity index (χ3v) is 7.33. The number of amides is 2. The number of hydrogen-bond donors (Lipinski definition) is 1. The lowest BCUT2D eigenvalue weighted by atomic mass is 10.0. The van der Waals surface area contributed by atoms with E-state index in [1.165, 1.54) is 4.90 Å². The molecule has 9 heteroatoms. The summed E-state index contributed by atoms with van der Waals surface area (Å²) in [6.45, 7) is 5.21. The van der Waals surface area contributed by atoms with E-state index in [0.29, 0.717) is 10.7 Å². The summed E-state index contributed by atoms with van der Waals surface area (Å²) in [7, 11) is -3.80. The Hall–Kier alpha value is -3.36. The Morgan fingerprint density at radius 1 is 0.921 bits per heavy atom. The van der Waals surface area contributed by atoms with Crippen molar-refractivity contribution >= 4 is 39.1 Å². The first-order valence-electron chi connectivity index (χ1n) is 12.4. The summed E-state index contributed by atoms with van der Waals surface area (Å²) in [5, 5.41) is 3.48. The minimum Gasteiger partial charge on any atom is -0.352 e. The van der Waals surface area contributed by atoms with E-state index in [4.69, 9.17) is 11.6 Å². The van der Waals surface area contributed by atoms with Crippen LogP contribution in [-0.4, -0.2) is 50.0 Å². The van der Waals surface area contributed by atoms with Gasteiger partial charge in [-0.1, -0.05) is 66.2 Å². The van der Waals surface area contributed by atoms with Gasteiger partial charge in [0.1, 0.15) is 12.6 Å². The van der Waals surface area contributed by atoms with E-state index in [0.717, 1.165) is 27.3 Å². The van der Waals surface area contributed by atoms with Gasteiger partial charge < -0.3 is 10.2 Å². The molecule has 0 aliphatic heterocycles. The molecule has 0 unspecified atom stereocenters. The average Bonchev–Trinajstić information content (AvgIpc) is 2.85. The molecule has 7 nitrogen and oxygen atoms in total. The average molecular weight is 556 g/mol. The highest BCUT2D eigenvalue weighted by atomic mass is 35.5. The molecule has 3 aromatic rings. The maximum Gasteiger partial charge on any atom is 0.244 e. The Morgan fingerprint density at radius 2 is 1.58 bits per heavy atom. The molecule has 1 N–H and O–H groups in total. The second-order valence-electron chi connectivity index (χ2n) is 9.63. The van der Waals surface area contributed by atoms with Gasteiger partial charge in [-0.3, -0.25) is 13.9 Å². The minimum absolute atomic E-state index is 0.102. The highest BCUT2D eigenvalue weighted by Gasteiger charge is 2.33. The van der Waals surface area contributed by atoms with Crippen LogP contribution in [0.5, 0.6) is 0 Å².